The van der Waals surface area contributed by atoms with Gasteiger partial charge in [0.1, 0.15) is 0 Å². The second-order valence-corrected chi connectivity index (χ2v) is 4.98. The molecule has 0 saturated heterocycles. The molecule has 4 nitrogen and oxygen atoms in total. The van der Waals surface area contributed by atoms with E-state index in [1.165, 1.54) is 38.7 Å². The smallest absolute Gasteiger partial charge is 0.311 e. The first-order valence-electron chi connectivity index (χ1n) is 7.13. The Hall–Kier alpha value is -1.32. The Morgan fingerprint density at radius 3 is 2.11 bits per heavy atom. The minimum atomic E-state index is -1.07. The summed E-state index contributed by atoms with van der Waals surface area (Å²) >= 11 is 0. The first-order chi connectivity index (χ1) is 9.00. The van der Waals surface area contributed by atoms with E-state index in [-0.39, 0.29) is 0 Å². The number of carbonyl (C=O) groups is 2. The Balaban J connectivity index is 3.93. The number of hydrogen-bond acceptors (Lipinski definition) is 2. The summed E-state index contributed by atoms with van der Waals surface area (Å²) in [6.45, 7) is 3.61. The number of rotatable bonds is 11. The standard InChI is InChI=1S/C15H26O4/c1-3-4-5-6-7-8-9-10-11-13(15(18)19)12(2)14(16)17/h10-13H,3-9H2,1-2H3,(H,16,17)(H,18,19)/b11-10+. The van der Waals surface area contributed by atoms with Gasteiger partial charge in [0, 0.05) is 0 Å². The summed E-state index contributed by atoms with van der Waals surface area (Å²) in [4.78, 5) is 21.8. The van der Waals surface area contributed by atoms with Crippen LogP contribution in [0.25, 0.3) is 0 Å². The van der Waals surface area contributed by atoms with Crippen LogP contribution in [-0.4, -0.2) is 22.2 Å². The zero-order valence-corrected chi connectivity index (χ0v) is 12.0. The van der Waals surface area contributed by atoms with Crippen molar-refractivity contribution in [2.75, 3.05) is 0 Å². The summed E-state index contributed by atoms with van der Waals surface area (Å²) in [5, 5.41) is 17.8. The molecule has 2 unspecified atom stereocenters. The van der Waals surface area contributed by atoms with E-state index in [4.69, 9.17) is 10.2 Å². The van der Waals surface area contributed by atoms with Crippen molar-refractivity contribution >= 4 is 11.9 Å². The molecule has 0 aliphatic rings. The lowest BCUT2D eigenvalue weighted by molar-refractivity contribution is -0.151. The van der Waals surface area contributed by atoms with Gasteiger partial charge in [0.15, 0.2) is 0 Å². The van der Waals surface area contributed by atoms with E-state index in [0.29, 0.717) is 0 Å². The van der Waals surface area contributed by atoms with E-state index in [1.807, 2.05) is 0 Å². The van der Waals surface area contributed by atoms with Crippen molar-refractivity contribution in [1.29, 1.82) is 0 Å². The molecule has 110 valence electrons. The molecule has 0 amide bonds. The van der Waals surface area contributed by atoms with Gasteiger partial charge in [-0.15, -0.1) is 0 Å². The minimum absolute atomic E-state index is 0.822. The molecule has 0 rings (SSSR count). The Labute approximate surface area is 115 Å². The third kappa shape index (κ3) is 8.41. The lowest BCUT2D eigenvalue weighted by Gasteiger charge is -2.11. The van der Waals surface area contributed by atoms with E-state index in [0.717, 1.165) is 19.3 Å². The molecule has 2 atom stereocenters. The zero-order chi connectivity index (χ0) is 14.7. The highest BCUT2D eigenvalue weighted by molar-refractivity contribution is 5.81. The summed E-state index contributed by atoms with van der Waals surface area (Å²) in [5.41, 5.74) is 0. The summed E-state index contributed by atoms with van der Waals surface area (Å²) in [6, 6.07) is 0. The second kappa shape index (κ2) is 10.6. The first kappa shape index (κ1) is 17.7. The van der Waals surface area contributed by atoms with Crippen LogP contribution in [0.4, 0.5) is 0 Å². The lowest BCUT2D eigenvalue weighted by Crippen LogP contribution is -2.25. The fourth-order valence-electron chi connectivity index (χ4n) is 1.90. The van der Waals surface area contributed by atoms with Gasteiger partial charge in [0.05, 0.1) is 11.8 Å². The van der Waals surface area contributed by atoms with Gasteiger partial charge >= 0.3 is 11.9 Å². The molecule has 0 aliphatic heterocycles. The Morgan fingerprint density at radius 1 is 1.00 bits per heavy atom. The van der Waals surface area contributed by atoms with Crippen molar-refractivity contribution in [2.24, 2.45) is 11.8 Å². The van der Waals surface area contributed by atoms with Gasteiger partial charge in [-0.2, -0.15) is 0 Å². The number of hydrogen-bond donors (Lipinski definition) is 2. The molecular formula is C15H26O4. The molecular weight excluding hydrogens is 244 g/mol. The van der Waals surface area contributed by atoms with Crippen LogP contribution in [0.3, 0.4) is 0 Å². The van der Waals surface area contributed by atoms with Crippen LogP contribution in [-0.2, 0) is 9.59 Å². The third-order valence-corrected chi connectivity index (χ3v) is 3.28. The van der Waals surface area contributed by atoms with E-state index in [2.05, 4.69) is 6.92 Å². The predicted molar refractivity (Wildman–Crippen MR) is 75.1 cm³/mol. The number of unbranched alkanes of at least 4 members (excludes halogenated alkanes) is 6. The number of carboxylic acid groups (broad SMARTS) is 2. The topological polar surface area (TPSA) is 74.6 Å². The van der Waals surface area contributed by atoms with Gasteiger partial charge < -0.3 is 10.2 Å². The van der Waals surface area contributed by atoms with Gasteiger partial charge in [-0.25, -0.2) is 0 Å². The van der Waals surface area contributed by atoms with Gasteiger partial charge in [0.25, 0.3) is 0 Å². The molecule has 0 bridgehead atoms. The molecule has 0 saturated carbocycles. The van der Waals surface area contributed by atoms with Gasteiger partial charge in [-0.1, -0.05) is 58.1 Å². The molecule has 0 aromatic heterocycles. The van der Waals surface area contributed by atoms with E-state index >= 15 is 0 Å². The van der Waals surface area contributed by atoms with Gasteiger partial charge in [-0.3, -0.25) is 9.59 Å². The Bertz CT molecular complexity index is 297. The van der Waals surface area contributed by atoms with Crippen LogP contribution >= 0.6 is 0 Å². The van der Waals surface area contributed by atoms with E-state index in [9.17, 15) is 9.59 Å². The molecule has 0 spiro atoms. The van der Waals surface area contributed by atoms with Crippen molar-refractivity contribution in [3.05, 3.63) is 12.2 Å². The average Bonchev–Trinajstić information content (AvgIpc) is 2.35. The van der Waals surface area contributed by atoms with Crippen molar-refractivity contribution in [3.63, 3.8) is 0 Å². The quantitative estimate of drug-likeness (QED) is 0.443. The number of allylic oxidation sites excluding steroid dienone is 1. The Kier molecular flexibility index (Phi) is 9.85. The van der Waals surface area contributed by atoms with Crippen molar-refractivity contribution in [1.82, 2.24) is 0 Å². The summed E-state index contributed by atoms with van der Waals surface area (Å²) in [5.74, 6) is -3.97. The van der Waals surface area contributed by atoms with E-state index in [1.54, 1.807) is 6.08 Å². The SMILES string of the molecule is CCCCCCCC/C=C/C(C(=O)O)C(C)C(=O)O. The zero-order valence-electron chi connectivity index (χ0n) is 12.0. The van der Waals surface area contributed by atoms with Crippen LogP contribution in [0.1, 0.15) is 58.8 Å². The van der Waals surface area contributed by atoms with Crippen LogP contribution in [0, 0.1) is 11.8 Å². The third-order valence-electron chi connectivity index (χ3n) is 3.28. The fraction of sp³-hybridized carbons (Fsp3) is 0.733. The molecule has 4 heteroatoms. The number of aliphatic carboxylic acids is 2. The highest BCUT2D eigenvalue weighted by Gasteiger charge is 2.27. The number of carboxylic acids is 2. The lowest BCUT2D eigenvalue weighted by atomic mass is 9.93. The molecule has 0 aromatic carbocycles. The monoisotopic (exact) mass is 270 g/mol. The molecule has 2 N–H and O–H groups in total. The maximum Gasteiger partial charge on any atom is 0.311 e. The summed E-state index contributed by atoms with van der Waals surface area (Å²) in [7, 11) is 0. The van der Waals surface area contributed by atoms with Gasteiger partial charge in [0.2, 0.25) is 0 Å². The molecule has 0 fully saturated rings. The summed E-state index contributed by atoms with van der Waals surface area (Å²) in [6.07, 6.45) is 11.3. The van der Waals surface area contributed by atoms with Crippen LogP contribution in [0.5, 0.6) is 0 Å². The minimum Gasteiger partial charge on any atom is -0.481 e. The molecule has 19 heavy (non-hydrogen) atoms. The molecule has 0 heterocycles. The second-order valence-electron chi connectivity index (χ2n) is 4.98. The van der Waals surface area contributed by atoms with Crippen molar-refractivity contribution in [3.8, 4) is 0 Å². The van der Waals surface area contributed by atoms with E-state index < -0.39 is 23.8 Å². The first-order valence-corrected chi connectivity index (χ1v) is 7.13. The highest BCUT2D eigenvalue weighted by atomic mass is 16.4. The fourth-order valence-corrected chi connectivity index (χ4v) is 1.90. The normalized spacial score (nSPS) is 14.4. The van der Waals surface area contributed by atoms with Crippen LogP contribution in [0.2, 0.25) is 0 Å². The maximum atomic E-state index is 11.0. The van der Waals surface area contributed by atoms with Crippen LogP contribution < -0.4 is 0 Å². The summed E-state index contributed by atoms with van der Waals surface area (Å²) < 4.78 is 0. The average molecular weight is 270 g/mol. The van der Waals surface area contributed by atoms with Gasteiger partial charge in [-0.05, 0) is 12.8 Å². The van der Waals surface area contributed by atoms with Crippen molar-refractivity contribution in [2.45, 2.75) is 58.8 Å². The largest absolute Gasteiger partial charge is 0.481 e. The highest BCUT2D eigenvalue weighted by Crippen LogP contribution is 2.15. The predicted octanol–water partition coefficient (Wildman–Crippen LogP) is 3.71. The van der Waals surface area contributed by atoms with Crippen LogP contribution in [0.15, 0.2) is 12.2 Å². The molecule has 0 aliphatic carbocycles. The molecule has 0 aromatic rings. The maximum absolute atomic E-state index is 11.0. The Morgan fingerprint density at radius 2 is 1.58 bits per heavy atom. The van der Waals surface area contributed by atoms with Crippen molar-refractivity contribution < 1.29 is 19.8 Å². The molecule has 0 radical (unpaired) electrons.